The Morgan fingerprint density at radius 2 is 2.33 bits per heavy atom. The molecule has 1 unspecified atom stereocenters. The van der Waals surface area contributed by atoms with Crippen LogP contribution in [0, 0.1) is 10.1 Å². The second kappa shape index (κ2) is 10.0. The van der Waals surface area contributed by atoms with Gasteiger partial charge in [-0.25, -0.2) is 0 Å². The first-order valence-electron chi connectivity index (χ1n) is 7.53. The molecule has 1 fully saturated rings. The lowest BCUT2D eigenvalue weighted by molar-refractivity contribution is -0.384. The zero-order chi connectivity index (χ0) is 16.7. The number of nitro groups is 1. The van der Waals surface area contributed by atoms with E-state index < -0.39 is 4.92 Å². The van der Waals surface area contributed by atoms with Crippen molar-refractivity contribution in [1.29, 1.82) is 0 Å². The van der Waals surface area contributed by atoms with Crippen molar-refractivity contribution in [3.05, 3.63) is 52.6 Å². The Labute approximate surface area is 147 Å². The third kappa shape index (κ3) is 5.92. The van der Waals surface area contributed by atoms with Crippen LogP contribution in [0.15, 0.2) is 36.9 Å². The van der Waals surface area contributed by atoms with E-state index in [0.29, 0.717) is 32.7 Å². The van der Waals surface area contributed by atoms with Gasteiger partial charge in [0.25, 0.3) is 5.69 Å². The van der Waals surface area contributed by atoms with Crippen LogP contribution in [-0.4, -0.2) is 48.1 Å². The van der Waals surface area contributed by atoms with Gasteiger partial charge in [0, 0.05) is 44.2 Å². The molecule has 1 aliphatic rings. The van der Waals surface area contributed by atoms with E-state index in [2.05, 4.69) is 11.9 Å². The molecule has 24 heavy (non-hydrogen) atoms. The van der Waals surface area contributed by atoms with Crippen molar-refractivity contribution < 1.29 is 14.5 Å². The molecule has 0 aliphatic carbocycles. The Bertz CT molecular complexity index is 576. The SMILES string of the molecule is C=CCN(Cc1cccc([N+](=O)[O-])c1)C(=O)CC1COCCN1.Cl. The van der Waals surface area contributed by atoms with E-state index in [0.717, 1.165) is 12.1 Å². The summed E-state index contributed by atoms with van der Waals surface area (Å²) < 4.78 is 5.35. The average molecular weight is 356 g/mol. The molecular formula is C16H22ClN3O4. The maximum atomic E-state index is 12.5. The number of rotatable bonds is 7. The molecule has 0 spiro atoms. The number of ether oxygens (including phenoxy) is 1. The number of nitro benzene ring substituents is 1. The van der Waals surface area contributed by atoms with Crippen molar-refractivity contribution in [3.8, 4) is 0 Å². The highest BCUT2D eigenvalue weighted by Gasteiger charge is 2.21. The number of halogens is 1. The van der Waals surface area contributed by atoms with Crippen molar-refractivity contribution in [2.24, 2.45) is 0 Å². The number of carbonyl (C=O) groups excluding carboxylic acids is 1. The van der Waals surface area contributed by atoms with E-state index in [9.17, 15) is 14.9 Å². The van der Waals surface area contributed by atoms with E-state index in [1.54, 1.807) is 23.1 Å². The molecule has 1 amide bonds. The minimum Gasteiger partial charge on any atom is -0.378 e. The average Bonchev–Trinajstić information content (AvgIpc) is 2.55. The first kappa shape index (κ1) is 20.1. The molecule has 1 aliphatic heterocycles. The van der Waals surface area contributed by atoms with Crippen molar-refractivity contribution >= 4 is 24.0 Å². The van der Waals surface area contributed by atoms with Gasteiger partial charge in [0.2, 0.25) is 5.91 Å². The highest BCUT2D eigenvalue weighted by atomic mass is 35.5. The smallest absolute Gasteiger partial charge is 0.269 e. The molecule has 1 saturated heterocycles. The van der Waals surface area contributed by atoms with Gasteiger partial charge in [-0.05, 0) is 5.56 Å². The van der Waals surface area contributed by atoms with Crippen molar-refractivity contribution in [2.75, 3.05) is 26.3 Å². The molecule has 1 aromatic carbocycles. The fraction of sp³-hybridized carbons (Fsp3) is 0.438. The first-order valence-corrected chi connectivity index (χ1v) is 7.53. The maximum absolute atomic E-state index is 12.5. The number of non-ortho nitro benzene ring substituents is 1. The monoisotopic (exact) mass is 355 g/mol. The summed E-state index contributed by atoms with van der Waals surface area (Å²) in [7, 11) is 0. The van der Waals surface area contributed by atoms with Crippen molar-refractivity contribution in [1.82, 2.24) is 10.2 Å². The first-order chi connectivity index (χ1) is 11.1. The minimum absolute atomic E-state index is 0. The van der Waals surface area contributed by atoms with Gasteiger partial charge in [-0.3, -0.25) is 14.9 Å². The summed E-state index contributed by atoms with van der Waals surface area (Å²) in [6, 6.07) is 6.34. The number of hydrogen-bond donors (Lipinski definition) is 1. The Kier molecular flexibility index (Phi) is 8.39. The molecule has 1 heterocycles. The van der Waals surface area contributed by atoms with Crippen LogP contribution < -0.4 is 5.32 Å². The molecule has 0 saturated carbocycles. The van der Waals surface area contributed by atoms with Gasteiger partial charge < -0.3 is 15.0 Å². The van der Waals surface area contributed by atoms with Gasteiger partial charge in [-0.15, -0.1) is 19.0 Å². The van der Waals surface area contributed by atoms with Crippen LogP contribution >= 0.6 is 12.4 Å². The van der Waals surface area contributed by atoms with Gasteiger partial charge in [0.05, 0.1) is 18.1 Å². The fourth-order valence-corrected chi connectivity index (χ4v) is 2.49. The molecule has 8 heteroatoms. The lowest BCUT2D eigenvalue weighted by atomic mass is 10.1. The van der Waals surface area contributed by atoms with E-state index in [4.69, 9.17) is 4.74 Å². The summed E-state index contributed by atoms with van der Waals surface area (Å²) in [4.78, 5) is 24.5. The number of benzene rings is 1. The normalized spacial score (nSPS) is 16.8. The van der Waals surface area contributed by atoms with E-state index in [-0.39, 0.29) is 30.0 Å². The number of carbonyl (C=O) groups is 1. The number of nitrogens with zero attached hydrogens (tertiary/aromatic N) is 2. The van der Waals surface area contributed by atoms with Crippen LogP contribution in [0.2, 0.25) is 0 Å². The number of hydrogen-bond acceptors (Lipinski definition) is 5. The van der Waals surface area contributed by atoms with Gasteiger partial charge in [0.15, 0.2) is 0 Å². The molecule has 2 rings (SSSR count). The van der Waals surface area contributed by atoms with Crippen molar-refractivity contribution in [2.45, 2.75) is 19.0 Å². The molecule has 0 aromatic heterocycles. The van der Waals surface area contributed by atoms with Crippen LogP contribution in [0.25, 0.3) is 0 Å². The lowest BCUT2D eigenvalue weighted by Gasteiger charge is -2.27. The second-order valence-corrected chi connectivity index (χ2v) is 5.42. The number of nitrogens with one attached hydrogen (secondary N) is 1. The van der Waals surface area contributed by atoms with E-state index in [1.807, 2.05) is 0 Å². The molecule has 1 aromatic rings. The number of amides is 1. The predicted octanol–water partition coefficient (Wildman–Crippen LogP) is 1.91. The highest BCUT2D eigenvalue weighted by Crippen LogP contribution is 2.15. The van der Waals surface area contributed by atoms with Crippen LogP contribution in [-0.2, 0) is 16.1 Å². The quantitative estimate of drug-likeness (QED) is 0.459. The molecule has 132 valence electrons. The lowest BCUT2D eigenvalue weighted by Crippen LogP contribution is -2.45. The zero-order valence-corrected chi connectivity index (χ0v) is 14.2. The summed E-state index contributed by atoms with van der Waals surface area (Å²) in [5.74, 6) is -0.0283. The predicted molar refractivity (Wildman–Crippen MR) is 93.2 cm³/mol. The molecule has 0 bridgehead atoms. The summed E-state index contributed by atoms with van der Waals surface area (Å²) in [6.07, 6.45) is 1.99. The number of morpholine rings is 1. The van der Waals surface area contributed by atoms with E-state index in [1.165, 1.54) is 12.1 Å². The molecule has 7 nitrogen and oxygen atoms in total. The minimum atomic E-state index is -0.438. The van der Waals surface area contributed by atoms with Gasteiger partial charge in [-0.1, -0.05) is 18.2 Å². The molecule has 1 N–H and O–H groups in total. The topological polar surface area (TPSA) is 84.7 Å². The third-order valence-corrected chi connectivity index (χ3v) is 3.62. The Balaban J connectivity index is 0.00000288. The Morgan fingerprint density at radius 1 is 1.54 bits per heavy atom. The highest BCUT2D eigenvalue weighted by molar-refractivity contribution is 5.85. The molecule has 0 radical (unpaired) electrons. The Morgan fingerprint density at radius 3 is 2.96 bits per heavy atom. The third-order valence-electron chi connectivity index (χ3n) is 3.62. The maximum Gasteiger partial charge on any atom is 0.269 e. The summed E-state index contributed by atoms with van der Waals surface area (Å²) >= 11 is 0. The van der Waals surface area contributed by atoms with Crippen LogP contribution in [0.4, 0.5) is 5.69 Å². The standard InChI is InChI=1S/C16H21N3O4.ClH/c1-2-7-18(16(20)10-14-12-23-8-6-17-14)11-13-4-3-5-15(9-13)19(21)22;/h2-5,9,14,17H,1,6-8,10-12H2;1H. The van der Waals surface area contributed by atoms with Crippen molar-refractivity contribution in [3.63, 3.8) is 0 Å². The second-order valence-electron chi connectivity index (χ2n) is 5.42. The Hall–Kier alpha value is -1.96. The van der Waals surface area contributed by atoms with Crippen LogP contribution in [0.5, 0.6) is 0 Å². The van der Waals surface area contributed by atoms with Gasteiger partial charge >= 0.3 is 0 Å². The molecule has 1 atom stereocenters. The summed E-state index contributed by atoms with van der Waals surface area (Å²) in [5, 5.41) is 14.1. The largest absolute Gasteiger partial charge is 0.378 e. The molecular weight excluding hydrogens is 334 g/mol. The fourth-order valence-electron chi connectivity index (χ4n) is 2.49. The van der Waals surface area contributed by atoms with Gasteiger partial charge in [0.1, 0.15) is 0 Å². The summed E-state index contributed by atoms with van der Waals surface area (Å²) in [5.41, 5.74) is 0.748. The van der Waals surface area contributed by atoms with Gasteiger partial charge in [-0.2, -0.15) is 0 Å². The zero-order valence-electron chi connectivity index (χ0n) is 13.3. The van der Waals surface area contributed by atoms with Crippen LogP contribution in [0.3, 0.4) is 0 Å². The van der Waals surface area contributed by atoms with E-state index >= 15 is 0 Å². The van der Waals surface area contributed by atoms with Crippen LogP contribution in [0.1, 0.15) is 12.0 Å². The summed E-state index contributed by atoms with van der Waals surface area (Å²) in [6.45, 7) is 6.31.